The van der Waals surface area contributed by atoms with Gasteiger partial charge in [0.15, 0.2) is 0 Å². The Bertz CT molecular complexity index is 763. The van der Waals surface area contributed by atoms with Gasteiger partial charge in [-0.15, -0.1) is 11.3 Å². The van der Waals surface area contributed by atoms with Crippen molar-refractivity contribution in [3.05, 3.63) is 16.0 Å². The van der Waals surface area contributed by atoms with Crippen LogP contribution in [0.25, 0.3) is 0 Å². The molecular weight excluding hydrogens is 336 g/mol. The predicted octanol–water partition coefficient (Wildman–Crippen LogP) is 3.57. The number of aliphatic carboxylic acids is 1. The topological polar surface area (TPSA) is 90.2 Å². The molecule has 0 aliphatic heterocycles. The maximum absolute atomic E-state index is 12.9. The summed E-state index contributed by atoms with van der Waals surface area (Å²) in [5, 5.41) is 22.7. The van der Waals surface area contributed by atoms with Gasteiger partial charge in [-0.2, -0.15) is 5.26 Å². The number of carbonyl (C=O) groups excluding carboxylic acids is 1. The molecule has 2 saturated carbocycles. The molecule has 0 radical (unpaired) electrons. The Morgan fingerprint density at radius 3 is 2.56 bits per heavy atom. The van der Waals surface area contributed by atoms with Crippen molar-refractivity contribution in [3.63, 3.8) is 0 Å². The van der Waals surface area contributed by atoms with Gasteiger partial charge < -0.3 is 10.4 Å². The Morgan fingerprint density at radius 1 is 1.12 bits per heavy atom. The van der Waals surface area contributed by atoms with Crippen molar-refractivity contribution in [2.24, 2.45) is 23.7 Å². The Labute approximate surface area is 151 Å². The number of fused-ring (bicyclic) bond motifs is 3. The Balaban J connectivity index is 1.59. The molecule has 0 unspecified atom stereocenters. The fraction of sp³-hybridized carbons (Fsp3) is 0.632. The molecule has 0 aromatic carbocycles. The van der Waals surface area contributed by atoms with Crippen LogP contribution in [-0.4, -0.2) is 17.0 Å². The number of aryl methyl sites for hydroxylation is 1. The van der Waals surface area contributed by atoms with Crippen molar-refractivity contribution < 1.29 is 14.7 Å². The number of nitrogens with zero attached hydrogens (tertiary/aromatic N) is 1. The zero-order valence-electron chi connectivity index (χ0n) is 14.1. The molecule has 4 atom stereocenters. The zero-order valence-corrected chi connectivity index (χ0v) is 14.9. The van der Waals surface area contributed by atoms with Crippen molar-refractivity contribution in [3.8, 4) is 6.07 Å². The van der Waals surface area contributed by atoms with E-state index in [4.69, 9.17) is 0 Å². The first-order chi connectivity index (χ1) is 12.1. The molecule has 132 valence electrons. The molecule has 4 rings (SSSR count). The highest BCUT2D eigenvalue weighted by Crippen LogP contribution is 2.53. The smallest absolute Gasteiger partial charge is 0.307 e. The molecule has 5 nitrogen and oxygen atoms in total. The maximum atomic E-state index is 12.9. The summed E-state index contributed by atoms with van der Waals surface area (Å²) in [6.45, 7) is 0. The van der Waals surface area contributed by atoms with Crippen LogP contribution in [0, 0.1) is 35.0 Å². The van der Waals surface area contributed by atoms with Gasteiger partial charge in [-0.3, -0.25) is 9.59 Å². The fourth-order valence-corrected chi connectivity index (χ4v) is 6.41. The summed E-state index contributed by atoms with van der Waals surface area (Å²) in [5.74, 6) is -1.77. The van der Waals surface area contributed by atoms with Crippen molar-refractivity contribution in [1.82, 2.24) is 0 Å². The molecular formula is C19H22N2O3S. The Morgan fingerprint density at radius 2 is 1.84 bits per heavy atom. The molecule has 1 amide bonds. The lowest BCUT2D eigenvalue weighted by atomic mass is 9.79. The molecule has 1 aromatic rings. The summed E-state index contributed by atoms with van der Waals surface area (Å²) in [7, 11) is 0. The van der Waals surface area contributed by atoms with E-state index in [1.54, 1.807) is 0 Å². The van der Waals surface area contributed by atoms with Crippen LogP contribution in [0.1, 0.15) is 54.5 Å². The van der Waals surface area contributed by atoms with Gasteiger partial charge in [0.2, 0.25) is 5.91 Å². The highest BCUT2D eigenvalue weighted by Gasteiger charge is 2.54. The summed E-state index contributed by atoms with van der Waals surface area (Å²) >= 11 is 1.51. The fourth-order valence-electron chi connectivity index (χ4n) is 5.17. The highest BCUT2D eigenvalue weighted by molar-refractivity contribution is 7.16. The minimum absolute atomic E-state index is 0.133. The lowest BCUT2D eigenvalue weighted by molar-refractivity contribution is -0.148. The second-order valence-corrected chi connectivity index (χ2v) is 8.70. The number of hydrogen-bond acceptors (Lipinski definition) is 4. The van der Waals surface area contributed by atoms with Crippen LogP contribution in [0.5, 0.6) is 0 Å². The van der Waals surface area contributed by atoms with Gasteiger partial charge in [-0.25, -0.2) is 0 Å². The normalized spacial score (nSPS) is 30.4. The number of anilines is 1. The largest absolute Gasteiger partial charge is 0.481 e. The van der Waals surface area contributed by atoms with Gasteiger partial charge in [-0.1, -0.05) is 6.42 Å². The highest BCUT2D eigenvalue weighted by atomic mass is 32.1. The molecule has 6 heteroatoms. The summed E-state index contributed by atoms with van der Waals surface area (Å²) in [4.78, 5) is 25.8. The summed E-state index contributed by atoms with van der Waals surface area (Å²) in [6.07, 6.45) is 7.96. The number of carbonyl (C=O) groups is 2. The first kappa shape index (κ1) is 16.6. The monoisotopic (exact) mass is 358 g/mol. The van der Waals surface area contributed by atoms with E-state index in [9.17, 15) is 20.0 Å². The van der Waals surface area contributed by atoms with Crippen LogP contribution >= 0.6 is 11.3 Å². The molecule has 0 saturated heterocycles. The number of nitrogens with one attached hydrogen (secondary N) is 1. The van der Waals surface area contributed by atoms with Crippen molar-refractivity contribution >= 4 is 28.2 Å². The second kappa shape index (κ2) is 6.45. The number of carboxylic acid groups (broad SMARTS) is 1. The number of amides is 1. The molecule has 3 aliphatic rings. The molecule has 2 fully saturated rings. The van der Waals surface area contributed by atoms with Gasteiger partial charge in [0.05, 0.1) is 17.4 Å². The average Bonchev–Trinajstić information content (AvgIpc) is 3.23. The van der Waals surface area contributed by atoms with E-state index in [2.05, 4.69) is 11.4 Å². The third-order valence-electron chi connectivity index (χ3n) is 6.27. The number of carboxylic acids is 1. The third kappa shape index (κ3) is 2.75. The Kier molecular flexibility index (Phi) is 4.28. The van der Waals surface area contributed by atoms with E-state index in [1.165, 1.54) is 22.6 Å². The lowest BCUT2D eigenvalue weighted by Crippen LogP contribution is -2.37. The number of nitriles is 1. The Hall–Kier alpha value is -1.87. The molecule has 3 aliphatic carbocycles. The number of rotatable bonds is 3. The summed E-state index contributed by atoms with van der Waals surface area (Å²) in [6, 6.07) is 2.27. The van der Waals surface area contributed by atoms with E-state index in [-0.39, 0.29) is 17.7 Å². The van der Waals surface area contributed by atoms with Crippen LogP contribution < -0.4 is 5.32 Å². The third-order valence-corrected chi connectivity index (χ3v) is 7.48. The van der Waals surface area contributed by atoms with Gasteiger partial charge in [0.1, 0.15) is 11.1 Å². The maximum Gasteiger partial charge on any atom is 0.307 e. The quantitative estimate of drug-likeness (QED) is 0.808. The predicted molar refractivity (Wildman–Crippen MR) is 94.4 cm³/mol. The van der Waals surface area contributed by atoms with Gasteiger partial charge in [0, 0.05) is 4.88 Å². The van der Waals surface area contributed by atoms with Gasteiger partial charge >= 0.3 is 5.97 Å². The minimum Gasteiger partial charge on any atom is -0.481 e. The summed E-state index contributed by atoms with van der Waals surface area (Å²) in [5.41, 5.74) is 1.70. The van der Waals surface area contributed by atoms with Crippen LogP contribution in [-0.2, 0) is 22.4 Å². The molecule has 2 N–H and O–H groups in total. The van der Waals surface area contributed by atoms with Crippen molar-refractivity contribution in [1.29, 1.82) is 5.26 Å². The second-order valence-electron chi connectivity index (χ2n) is 7.59. The van der Waals surface area contributed by atoms with Crippen molar-refractivity contribution in [2.45, 2.75) is 51.4 Å². The van der Waals surface area contributed by atoms with E-state index < -0.39 is 17.8 Å². The van der Waals surface area contributed by atoms with Gasteiger partial charge in [0.25, 0.3) is 0 Å². The number of thiophene rings is 1. The van der Waals surface area contributed by atoms with Crippen LogP contribution in [0.3, 0.4) is 0 Å². The lowest BCUT2D eigenvalue weighted by Gasteiger charge is -2.26. The molecule has 2 bridgehead atoms. The minimum atomic E-state index is -0.852. The first-order valence-corrected chi connectivity index (χ1v) is 10.00. The average molecular weight is 358 g/mol. The van der Waals surface area contributed by atoms with Crippen LogP contribution in [0.2, 0.25) is 0 Å². The first-order valence-electron chi connectivity index (χ1n) is 9.18. The van der Waals surface area contributed by atoms with E-state index >= 15 is 0 Å². The molecule has 1 aromatic heterocycles. The standard InChI is InChI=1S/C19H22N2O3S/c20-9-13-12-4-2-1-3-5-14(12)25-18(13)21-17(22)15-10-6-7-11(8-10)16(15)19(23)24/h10-11,15-16H,1-8H2,(H,21,22)(H,23,24)/t10-,11+,15+,16+/m1/s1. The van der Waals surface area contributed by atoms with Crippen LogP contribution in [0.15, 0.2) is 0 Å². The summed E-state index contributed by atoms with van der Waals surface area (Å²) < 4.78 is 0. The van der Waals surface area contributed by atoms with E-state index in [0.717, 1.165) is 50.5 Å². The van der Waals surface area contributed by atoms with E-state index in [1.807, 2.05) is 0 Å². The van der Waals surface area contributed by atoms with Gasteiger partial charge in [-0.05, 0) is 62.3 Å². The van der Waals surface area contributed by atoms with Crippen LogP contribution in [0.4, 0.5) is 5.00 Å². The molecule has 0 spiro atoms. The number of hydrogen-bond donors (Lipinski definition) is 2. The zero-order chi connectivity index (χ0) is 17.6. The molecule has 1 heterocycles. The van der Waals surface area contributed by atoms with Crippen molar-refractivity contribution in [2.75, 3.05) is 5.32 Å². The van der Waals surface area contributed by atoms with E-state index in [0.29, 0.717) is 10.6 Å². The molecule has 25 heavy (non-hydrogen) atoms. The SMILES string of the molecule is N#Cc1c(NC(=O)[C@H]2[C@@H]3CC[C@@H](C3)[C@@H]2C(=O)O)sc2c1CCCCC2.